The molecule has 1 aliphatic rings. The highest BCUT2D eigenvalue weighted by molar-refractivity contribution is 6.58. The smallest absolute Gasteiger partial charge is 0.423 e. The largest absolute Gasteiger partial charge is 0.490 e. The molecule has 0 saturated heterocycles. The van der Waals surface area contributed by atoms with Gasteiger partial charge in [-0.1, -0.05) is 6.07 Å². The molecule has 1 aromatic rings. The molecule has 1 atom stereocenters. The average Bonchev–Trinajstić information content (AvgIpc) is 2.86. The van der Waals surface area contributed by atoms with Gasteiger partial charge >= 0.3 is 7.12 Å². The number of rotatable bonds is 4. The zero-order valence-electron chi connectivity index (χ0n) is 9.35. The van der Waals surface area contributed by atoms with E-state index in [0.717, 1.165) is 0 Å². The number of alkyl halides is 2. The maximum atomic E-state index is 12.7. The van der Waals surface area contributed by atoms with Crippen LogP contribution in [0.3, 0.4) is 0 Å². The van der Waals surface area contributed by atoms with Gasteiger partial charge in [-0.3, -0.25) is 0 Å². The molecule has 0 radical (unpaired) electrons. The Morgan fingerprint density at radius 2 is 2.18 bits per heavy atom. The van der Waals surface area contributed by atoms with Gasteiger partial charge in [-0.25, -0.2) is 13.8 Å². The Balaban J connectivity index is 1.97. The van der Waals surface area contributed by atoms with E-state index in [-0.39, 0.29) is 18.4 Å². The van der Waals surface area contributed by atoms with Gasteiger partial charge in [0.1, 0.15) is 5.82 Å². The quantitative estimate of drug-likeness (QED) is 0.721. The number of hydrogen-bond donors (Lipinski definition) is 2. The first kappa shape index (κ1) is 12.3. The molecule has 0 spiro atoms. The van der Waals surface area contributed by atoms with Crippen LogP contribution in [-0.2, 0) is 0 Å². The highest BCUT2D eigenvalue weighted by Crippen LogP contribution is 2.48. The molecular weight excluding hydrogens is 229 g/mol. The fourth-order valence-corrected chi connectivity index (χ4v) is 1.67. The first-order chi connectivity index (χ1) is 7.90. The first-order valence-electron chi connectivity index (χ1n) is 5.31. The minimum absolute atomic E-state index is 0.0647. The van der Waals surface area contributed by atoms with Crippen molar-refractivity contribution >= 4 is 18.4 Å². The minimum Gasteiger partial charge on any atom is -0.423 e. The molecule has 0 amide bonds. The zero-order valence-corrected chi connectivity index (χ0v) is 9.35. The van der Waals surface area contributed by atoms with Crippen molar-refractivity contribution in [2.24, 2.45) is 5.92 Å². The van der Waals surface area contributed by atoms with Crippen LogP contribution in [0.1, 0.15) is 6.42 Å². The summed E-state index contributed by atoms with van der Waals surface area (Å²) in [7, 11) is 0.126. The molecule has 1 heterocycles. The van der Waals surface area contributed by atoms with E-state index in [4.69, 9.17) is 10.0 Å². The van der Waals surface area contributed by atoms with Crippen molar-refractivity contribution in [1.29, 1.82) is 0 Å². The van der Waals surface area contributed by atoms with Crippen LogP contribution in [0, 0.1) is 5.92 Å². The lowest BCUT2D eigenvalue weighted by atomic mass is 9.82. The van der Waals surface area contributed by atoms with E-state index in [2.05, 4.69) is 4.98 Å². The second-order valence-corrected chi connectivity index (χ2v) is 4.37. The third-order valence-corrected chi connectivity index (χ3v) is 2.91. The molecule has 1 aromatic heterocycles. The first-order valence-corrected chi connectivity index (χ1v) is 5.31. The molecule has 92 valence electrons. The van der Waals surface area contributed by atoms with E-state index in [1.807, 2.05) is 0 Å². The van der Waals surface area contributed by atoms with E-state index in [9.17, 15) is 8.78 Å². The molecule has 4 nitrogen and oxygen atoms in total. The van der Waals surface area contributed by atoms with Crippen molar-refractivity contribution in [2.75, 3.05) is 18.5 Å². The van der Waals surface area contributed by atoms with Crippen LogP contribution in [0.2, 0.25) is 0 Å². The average molecular weight is 242 g/mol. The summed E-state index contributed by atoms with van der Waals surface area (Å²) in [5.41, 5.74) is 0.277. The monoisotopic (exact) mass is 242 g/mol. The van der Waals surface area contributed by atoms with Crippen molar-refractivity contribution in [1.82, 2.24) is 4.98 Å². The van der Waals surface area contributed by atoms with Crippen LogP contribution in [0.15, 0.2) is 18.3 Å². The van der Waals surface area contributed by atoms with Crippen molar-refractivity contribution in [3.63, 3.8) is 0 Å². The van der Waals surface area contributed by atoms with E-state index < -0.39 is 19.0 Å². The van der Waals surface area contributed by atoms with Gasteiger partial charge < -0.3 is 14.9 Å². The molecule has 2 N–H and O–H groups in total. The number of hydrogen-bond acceptors (Lipinski definition) is 4. The maximum Gasteiger partial charge on any atom is 0.490 e. The number of pyridine rings is 1. The minimum atomic E-state index is -2.53. The summed E-state index contributed by atoms with van der Waals surface area (Å²) in [6.07, 6.45) is 1.26. The number of anilines is 1. The summed E-state index contributed by atoms with van der Waals surface area (Å²) < 4.78 is 25.5. The van der Waals surface area contributed by atoms with Gasteiger partial charge in [0.2, 0.25) is 0 Å². The third-order valence-electron chi connectivity index (χ3n) is 2.91. The molecule has 2 rings (SSSR count). The molecule has 7 heteroatoms. The summed E-state index contributed by atoms with van der Waals surface area (Å²) in [6, 6.07) is 3.09. The topological polar surface area (TPSA) is 56.6 Å². The van der Waals surface area contributed by atoms with E-state index in [1.54, 1.807) is 18.0 Å². The second kappa shape index (κ2) is 4.23. The van der Waals surface area contributed by atoms with Crippen molar-refractivity contribution < 1.29 is 18.8 Å². The lowest BCUT2D eigenvalue weighted by Crippen LogP contribution is -2.31. The van der Waals surface area contributed by atoms with Gasteiger partial charge in [-0.15, -0.1) is 0 Å². The van der Waals surface area contributed by atoms with Gasteiger partial charge in [-0.2, -0.15) is 0 Å². The summed E-state index contributed by atoms with van der Waals surface area (Å²) in [5, 5.41) is 17.8. The fraction of sp³-hybridized carbons (Fsp3) is 0.500. The standard InChI is InChI=1S/C10H13BF2N2O2/c1-15(6-7-4-10(7,12)13)9-3-2-8(5-14-9)11(16)17/h2-3,5,7,16-17H,4,6H2,1H3. The Bertz CT molecular complexity index is 400. The van der Waals surface area contributed by atoms with E-state index in [1.165, 1.54) is 12.3 Å². The third kappa shape index (κ3) is 2.73. The zero-order chi connectivity index (χ0) is 12.6. The van der Waals surface area contributed by atoms with Gasteiger partial charge in [0, 0.05) is 37.6 Å². The molecule has 1 unspecified atom stereocenters. The van der Waals surface area contributed by atoms with Crippen molar-refractivity contribution in [2.45, 2.75) is 12.3 Å². The van der Waals surface area contributed by atoms with Gasteiger partial charge in [0.25, 0.3) is 5.92 Å². The molecule has 0 aliphatic heterocycles. The molecule has 1 aliphatic carbocycles. The molecular formula is C10H13BF2N2O2. The van der Waals surface area contributed by atoms with Gasteiger partial charge in [0.15, 0.2) is 0 Å². The van der Waals surface area contributed by atoms with Gasteiger partial charge in [0.05, 0.1) is 0 Å². The Kier molecular flexibility index (Phi) is 3.05. The molecule has 1 saturated carbocycles. The SMILES string of the molecule is CN(CC1CC1(F)F)c1ccc(B(O)O)cn1. The second-order valence-electron chi connectivity index (χ2n) is 4.37. The predicted octanol–water partition coefficient (Wildman–Crippen LogP) is -0.147. The highest BCUT2D eigenvalue weighted by atomic mass is 19.3. The van der Waals surface area contributed by atoms with E-state index in [0.29, 0.717) is 5.82 Å². The molecule has 1 fully saturated rings. The fourth-order valence-electron chi connectivity index (χ4n) is 1.67. The molecule has 17 heavy (non-hydrogen) atoms. The predicted molar refractivity (Wildman–Crippen MR) is 60.4 cm³/mol. The van der Waals surface area contributed by atoms with Crippen LogP contribution in [-0.4, -0.2) is 41.7 Å². The van der Waals surface area contributed by atoms with Crippen LogP contribution in [0.25, 0.3) is 0 Å². The van der Waals surface area contributed by atoms with Crippen LogP contribution >= 0.6 is 0 Å². The van der Waals surface area contributed by atoms with Crippen LogP contribution in [0.4, 0.5) is 14.6 Å². The Hall–Kier alpha value is -1.21. The van der Waals surface area contributed by atoms with Crippen LogP contribution in [0.5, 0.6) is 0 Å². The number of halogens is 2. The lowest BCUT2D eigenvalue weighted by molar-refractivity contribution is 0.100. The summed E-state index contributed by atoms with van der Waals surface area (Å²) in [6.45, 7) is 0.251. The Morgan fingerprint density at radius 3 is 2.59 bits per heavy atom. The van der Waals surface area contributed by atoms with Gasteiger partial charge in [-0.05, 0) is 6.07 Å². The summed E-state index contributed by atoms with van der Waals surface area (Å²) in [4.78, 5) is 5.63. The Morgan fingerprint density at radius 1 is 1.53 bits per heavy atom. The van der Waals surface area contributed by atoms with Crippen molar-refractivity contribution in [3.05, 3.63) is 18.3 Å². The summed E-state index contributed by atoms with van der Waals surface area (Å²) >= 11 is 0. The molecule has 0 bridgehead atoms. The van der Waals surface area contributed by atoms with Crippen molar-refractivity contribution in [3.8, 4) is 0 Å². The molecule has 0 aromatic carbocycles. The van der Waals surface area contributed by atoms with E-state index >= 15 is 0 Å². The Labute approximate surface area is 98.0 Å². The van der Waals surface area contributed by atoms with Crippen LogP contribution < -0.4 is 10.4 Å². The maximum absolute atomic E-state index is 12.7. The number of aromatic nitrogens is 1. The lowest BCUT2D eigenvalue weighted by Gasteiger charge is -2.18. The normalized spacial score (nSPS) is 21.1. The number of nitrogens with zero attached hydrogens (tertiary/aromatic N) is 2. The summed E-state index contributed by atoms with van der Waals surface area (Å²) in [5.74, 6) is -2.59. The highest BCUT2D eigenvalue weighted by Gasteiger charge is 2.56.